The molecule has 0 atom stereocenters. The quantitative estimate of drug-likeness (QED) is 0.497. The average Bonchev–Trinajstić information content (AvgIpc) is 2.43. The molecule has 1 aromatic carbocycles. The Morgan fingerprint density at radius 1 is 1.35 bits per heavy atom. The van der Waals surface area contributed by atoms with E-state index in [1.54, 1.807) is 18.2 Å². The monoisotopic (exact) mass is 384 g/mol. The molecule has 0 saturated carbocycles. The van der Waals surface area contributed by atoms with E-state index in [1.165, 1.54) is 6.07 Å². The molecule has 0 radical (unpaired) electrons. The van der Waals surface area contributed by atoms with Gasteiger partial charge in [0, 0.05) is 12.6 Å². The lowest BCUT2D eigenvalue weighted by molar-refractivity contribution is -0.384. The average molecular weight is 384 g/mol. The van der Waals surface area contributed by atoms with Crippen LogP contribution >= 0.6 is 22.6 Å². The van der Waals surface area contributed by atoms with Gasteiger partial charge in [0.1, 0.15) is 5.82 Å². The Kier molecular flexibility index (Phi) is 4.48. The van der Waals surface area contributed by atoms with Crippen LogP contribution in [-0.2, 0) is 0 Å². The molecule has 2 aromatic rings. The third kappa shape index (κ3) is 2.87. The standard InChI is InChI=1S/C13H13IN4O2/c1-3-15-13-11(14)8(2)16-12(17-13)9-6-4-5-7-10(9)18(19)20/h4-7H,3H2,1-2H3,(H,15,16,17). The van der Waals surface area contributed by atoms with E-state index in [0.29, 0.717) is 17.2 Å². The molecule has 0 bridgehead atoms. The van der Waals surface area contributed by atoms with Crippen molar-refractivity contribution in [1.29, 1.82) is 0 Å². The highest BCUT2D eigenvalue weighted by Gasteiger charge is 2.18. The number of hydrogen-bond acceptors (Lipinski definition) is 5. The Bertz CT molecular complexity index is 661. The van der Waals surface area contributed by atoms with E-state index in [1.807, 2.05) is 13.8 Å². The summed E-state index contributed by atoms with van der Waals surface area (Å²) >= 11 is 2.16. The third-order valence-corrected chi connectivity index (χ3v) is 3.99. The Morgan fingerprint density at radius 3 is 2.70 bits per heavy atom. The SMILES string of the molecule is CCNc1nc(-c2ccccc2[N+](=O)[O-])nc(C)c1I. The highest BCUT2D eigenvalue weighted by atomic mass is 127. The summed E-state index contributed by atoms with van der Waals surface area (Å²) in [5, 5.41) is 14.2. The minimum atomic E-state index is -0.418. The first kappa shape index (κ1) is 14.6. The molecule has 0 unspecified atom stereocenters. The van der Waals surface area contributed by atoms with Crippen LogP contribution < -0.4 is 5.32 Å². The summed E-state index contributed by atoms with van der Waals surface area (Å²) in [6.07, 6.45) is 0. The van der Waals surface area contributed by atoms with Crippen LogP contribution in [0.2, 0.25) is 0 Å². The molecule has 0 aliphatic heterocycles. The molecule has 0 aliphatic rings. The van der Waals surface area contributed by atoms with E-state index < -0.39 is 4.92 Å². The van der Waals surface area contributed by atoms with Gasteiger partial charge in [0.15, 0.2) is 5.82 Å². The predicted octanol–water partition coefficient (Wildman–Crippen LogP) is 3.40. The maximum atomic E-state index is 11.1. The number of nitrogens with zero attached hydrogens (tertiary/aromatic N) is 3. The summed E-state index contributed by atoms with van der Waals surface area (Å²) in [5.41, 5.74) is 1.23. The lowest BCUT2D eigenvalue weighted by Gasteiger charge is -2.10. The Balaban J connectivity index is 2.61. The zero-order valence-electron chi connectivity index (χ0n) is 11.1. The number of halogens is 1. The summed E-state index contributed by atoms with van der Waals surface area (Å²) in [6, 6.07) is 6.49. The number of aromatic nitrogens is 2. The van der Waals surface area contributed by atoms with Crippen molar-refractivity contribution in [3.05, 3.63) is 43.6 Å². The zero-order valence-corrected chi connectivity index (χ0v) is 13.2. The highest BCUT2D eigenvalue weighted by molar-refractivity contribution is 14.1. The van der Waals surface area contributed by atoms with Crippen LogP contribution in [0.15, 0.2) is 24.3 Å². The summed E-state index contributed by atoms with van der Waals surface area (Å²) in [7, 11) is 0. The normalized spacial score (nSPS) is 10.3. The smallest absolute Gasteiger partial charge is 0.280 e. The minimum Gasteiger partial charge on any atom is -0.369 e. The molecule has 0 spiro atoms. The van der Waals surface area contributed by atoms with Gasteiger partial charge in [-0.3, -0.25) is 10.1 Å². The molecule has 1 N–H and O–H groups in total. The highest BCUT2D eigenvalue weighted by Crippen LogP contribution is 2.29. The van der Waals surface area contributed by atoms with Crippen LogP contribution in [0.1, 0.15) is 12.6 Å². The zero-order chi connectivity index (χ0) is 14.7. The van der Waals surface area contributed by atoms with Crippen LogP contribution in [0.25, 0.3) is 11.4 Å². The second-order valence-corrected chi connectivity index (χ2v) is 5.18. The van der Waals surface area contributed by atoms with Crippen LogP contribution in [0.3, 0.4) is 0 Å². The summed E-state index contributed by atoms with van der Waals surface area (Å²) in [6.45, 7) is 4.56. The van der Waals surface area contributed by atoms with Crippen LogP contribution in [-0.4, -0.2) is 21.4 Å². The molecule has 2 rings (SSSR count). The van der Waals surface area contributed by atoms with Crippen molar-refractivity contribution >= 4 is 34.1 Å². The van der Waals surface area contributed by atoms with Gasteiger partial charge in [0.2, 0.25) is 0 Å². The van der Waals surface area contributed by atoms with Gasteiger partial charge >= 0.3 is 0 Å². The molecule has 0 amide bonds. The number of nitrogens with one attached hydrogen (secondary N) is 1. The van der Waals surface area contributed by atoms with Crippen molar-refractivity contribution in [3.8, 4) is 11.4 Å². The van der Waals surface area contributed by atoms with Crippen molar-refractivity contribution in [2.45, 2.75) is 13.8 Å². The number of nitro benzene ring substituents is 1. The van der Waals surface area contributed by atoms with Crippen molar-refractivity contribution < 1.29 is 4.92 Å². The fourth-order valence-corrected chi connectivity index (χ4v) is 2.22. The van der Waals surface area contributed by atoms with E-state index >= 15 is 0 Å². The van der Waals surface area contributed by atoms with Crippen molar-refractivity contribution in [1.82, 2.24) is 9.97 Å². The van der Waals surface area contributed by atoms with Crippen LogP contribution in [0.4, 0.5) is 11.5 Å². The summed E-state index contributed by atoms with van der Waals surface area (Å²) < 4.78 is 0.923. The maximum Gasteiger partial charge on any atom is 0.280 e. The van der Waals surface area contributed by atoms with Gasteiger partial charge in [-0.1, -0.05) is 12.1 Å². The fraction of sp³-hybridized carbons (Fsp3) is 0.231. The van der Waals surface area contributed by atoms with E-state index in [2.05, 4.69) is 37.9 Å². The molecule has 1 aromatic heterocycles. The summed E-state index contributed by atoms with van der Waals surface area (Å²) in [5.74, 6) is 1.07. The van der Waals surface area contributed by atoms with Gasteiger partial charge in [-0.25, -0.2) is 9.97 Å². The predicted molar refractivity (Wildman–Crippen MR) is 85.7 cm³/mol. The number of anilines is 1. The second kappa shape index (κ2) is 6.12. The van der Waals surface area contributed by atoms with Crippen LogP contribution in [0.5, 0.6) is 0 Å². The lowest BCUT2D eigenvalue weighted by Crippen LogP contribution is -2.06. The molecular weight excluding hydrogens is 371 g/mol. The van der Waals surface area contributed by atoms with Gasteiger partial charge in [-0.2, -0.15) is 0 Å². The lowest BCUT2D eigenvalue weighted by atomic mass is 10.1. The number of rotatable bonds is 4. The Hall–Kier alpha value is -1.77. The van der Waals surface area contributed by atoms with E-state index in [-0.39, 0.29) is 5.69 Å². The molecule has 1 heterocycles. The number of hydrogen-bond donors (Lipinski definition) is 1. The number of nitro groups is 1. The third-order valence-electron chi connectivity index (χ3n) is 2.70. The first-order valence-corrected chi connectivity index (χ1v) is 7.14. The van der Waals surface area contributed by atoms with Gasteiger partial charge in [-0.15, -0.1) is 0 Å². The van der Waals surface area contributed by atoms with Crippen molar-refractivity contribution in [2.75, 3.05) is 11.9 Å². The first-order valence-electron chi connectivity index (χ1n) is 6.06. The topological polar surface area (TPSA) is 81.0 Å². The van der Waals surface area contributed by atoms with Gasteiger partial charge < -0.3 is 5.32 Å². The maximum absolute atomic E-state index is 11.1. The molecule has 104 valence electrons. The molecule has 0 aliphatic carbocycles. The van der Waals surface area contributed by atoms with Gasteiger partial charge in [-0.05, 0) is 42.5 Å². The van der Waals surface area contributed by atoms with E-state index in [4.69, 9.17) is 0 Å². The molecule has 20 heavy (non-hydrogen) atoms. The Morgan fingerprint density at radius 2 is 2.05 bits per heavy atom. The largest absolute Gasteiger partial charge is 0.369 e. The fourth-order valence-electron chi connectivity index (χ4n) is 1.79. The second-order valence-electron chi connectivity index (χ2n) is 4.10. The first-order chi connectivity index (χ1) is 9.54. The van der Waals surface area contributed by atoms with Crippen LogP contribution in [0, 0.1) is 20.6 Å². The minimum absolute atomic E-state index is 0.00977. The van der Waals surface area contributed by atoms with Crippen molar-refractivity contribution in [3.63, 3.8) is 0 Å². The van der Waals surface area contributed by atoms with Gasteiger partial charge in [0.05, 0.1) is 19.8 Å². The van der Waals surface area contributed by atoms with E-state index in [9.17, 15) is 10.1 Å². The number of benzene rings is 1. The molecule has 6 nitrogen and oxygen atoms in total. The molecular formula is C13H13IN4O2. The molecule has 0 fully saturated rings. The number of aryl methyl sites for hydroxylation is 1. The van der Waals surface area contributed by atoms with Gasteiger partial charge in [0.25, 0.3) is 5.69 Å². The van der Waals surface area contributed by atoms with Crippen molar-refractivity contribution in [2.24, 2.45) is 0 Å². The summed E-state index contributed by atoms with van der Waals surface area (Å²) in [4.78, 5) is 19.4. The molecule has 0 saturated heterocycles. The Labute approximate surface area is 129 Å². The van der Waals surface area contributed by atoms with E-state index in [0.717, 1.165) is 15.8 Å². The number of para-hydroxylation sites is 1. The molecule has 7 heteroatoms.